The van der Waals surface area contributed by atoms with Crippen LogP contribution < -0.4 is 0 Å². The third-order valence-corrected chi connectivity index (χ3v) is 6.26. The number of carbonyl (C=O) groups is 2. The van der Waals surface area contributed by atoms with Crippen molar-refractivity contribution >= 4 is 46.1 Å². The number of cyclic esters (lactones) is 1. The molecule has 2 aliphatic rings. The van der Waals surface area contributed by atoms with Gasteiger partial charge in [-0.15, -0.1) is 0 Å². The van der Waals surface area contributed by atoms with Gasteiger partial charge in [0.2, 0.25) is 5.91 Å². The molecule has 0 bridgehead atoms. The summed E-state index contributed by atoms with van der Waals surface area (Å²) in [5.74, 6) is -0.109. The molecule has 0 spiro atoms. The fraction of sp³-hybridized carbons (Fsp3) is 0.316. The van der Waals surface area contributed by atoms with Crippen LogP contribution in [0.1, 0.15) is 5.69 Å². The van der Waals surface area contributed by atoms with E-state index in [4.69, 9.17) is 27.9 Å². The Kier molecular flexibility index (Phi) is 4.40. The van der Waals surface area contributed by atoms with Gasteiger partial charge in [-0.1, -0.05) is 29.3 Å². The average molecular weight is 434 g/mol. The molecule has 0 unspecified atom stereocenters. The number of aromatic amines is 1. The molecule has 2 aromatic heterocycles. The van der Waals surface area contributed by atoms with E-state index >= 15 is 0 Å². The minimum absolute atomic E-state index is 0.0205. The largest absolute Gasteiger partial charge is 0.448 e. The van der Waals surface area contributed by atoms with Crippen LogP contribution in [-0.4, -0.2) is 62.8 Å². The fourth-order valence-corrected chi connectivity index (χ4v) is 4.50. The molecular weight excluding hydrogens is 417 g/mol. The minimum Gasteiger partial charge on any atom is -0.448 e. The number of benzene rings is 1. The summed E-state index contributed by atoms with van der Waals surface area (Å²) >= 11 is 12.8. The van der Waals surface area contributed by atoms with Gasteiger partial charge in [0.05, 0.1) is 34.8 Å². The maximum absolute atomic E-state index is 12.8. The van der Waals surface area contributed by atoms with Crippen molar-refractivity contribution in [3.05, 3.63) is 40.3 Å². The zero-order valence-electron chi connectivity index (χ0n) is 15.3. The number of amides is 2. The quantitative estimate of drug-likeness (QED) is 0.687. The number of nitrogens with zero attached hydrogens (tertiary/aromatic N) is 4. The van der Waals surface area contributed by atoms with Crippen LogP contribution in [0.15, 0.2) is 24.5 Å². The van der Waals surface area contributed by atoms with Gasteiger partial charge >= 0.3 is 6.09 Å². The molecule has 5 rings (SSSR count). The second kappa shape index (κ2) is 6.96. The molecule has 10 heteroatoms. The van der Waals surface area contributed by atoms with Crippen molar-refractivity contribution in [3.63, 3.8) is 0 Å². The standard InChI is InChI=1S/C19H17Cl2N5O3/c20-13-2-1-12-16(11-7-22-23-8-11)14-9-24(3-4-26(14)18(12)17(13)21)15(27)10-25-5-6-29-19(25)28/h1-2,7-8H,3-6,9-10H2,(H,22,23). The molecule has 1 aromatic carbocycles. The molecule has 0 atom stereocenters. The van der Waals surface area contributed by atoms with Crippen molar-refractivity contribution in [1.82, 2.24) is 24.6 Å². The Morgan fingerprint density at radius 3 is 2.83 bits per heavy atom. The van der Waals surface area contributed by atoms with E-state index < -0.39 is 6.09 Å². The number of H-pyrrole nitrogens is 1. The third-order valence-electron chi connectivity index (χ3n) is 5.47. The maximum atomic E-state index is 12.8. The summed E-state index contributed by atoms with van der Waals surface area (Å²) in [5.41, 5.74) is 3.72. The van der Waals surface area contributed by atoms with Crippen LogP contribution in [0.5, 0.6) is 0 Å². The Hall–Kier alpha value is -2.71. The Labute approximate surface area is 175 Å². The van der Waals surface area contributed by atoms with Crippen molar-refractivity contribution in [2.75, 3.05) is 26.2 Å². The topological polar surface area (TPSA) is 83.5 Å². The van der Waals surface area contributed by atoms with Gasteiger partial charge in [0.25, 0.3) is 0 Å². The smallest absolute Gasteiger partial charge is 0.410 e. The Balaban J connectivity index is 1.55. The molecule has 150 valence electrons. The Morgan fingerprint density at radius 1 is 1.24 bits per heavy atom. The van der Waals surface area contributed by atoms with Crippen molar-refractivity contribution in [2.24, 2.45) is 0 Å². The van der Waals surface area contributed by atoms with Crippen LogP contribution in [0.3, 0.4) is 0 Å². The summed E-state index contributed by atoms with van der Waals surface area (Å²) in [7, 11) is 0. The summed E-state index contributed by atoms with van der Waals surface area (Å²) < 4.78 is 7.04. The number of hydrogen-bond acceptors (Lipinski definition) is 4. The van der Waals surface area contributed by atoms with Gasteiger partial charge in [0, 0.05) is 41.5 Å². The van der Waals surface area contributed by atoms with E-state index in [9.17, 15) is 9.59 Å². The summed E-state index contributed by atoms with van der Waals surface area (Å²) in [4.78, 5) is 27.7. The lowest BCUT2D eigenvalue weighted by atomic mass is 10.0. The maximum Gasteiger partial charge on any atom is 0.410 e. The molecule has 1 saturated heterocycles. The number of nitrogens with one attached hydrogen (secondary N) is 1. The van der Waals surface area contributed by atoms with E-state index in [1.807, 2.05) is 12.3 Å². The first-order valence-corrected chi connectivity index (χ1v) is 9.98. The predicted octanol–water partition coefficient (Wildman–Crippen LogP) is 3.13. The van der Waals surface area contributed by atoms with Gasteiger partial charge in [-0.2, -0.15) is 5.10 Å². The van der Waals surface area contributed by atoms with E-state index in [1.54, 1.807) is 17.2 Å². The van der Waals surface area contributed by atoms with Crippen LogP contribution in [0.4, 0.5) is 4.79 Å². The molecule has 1 N–H and O–H groups in total. The summed E-state index contributed by atoms with van der Waals surface area (Å²) in [6.45, 7) is 2.29. The molecule has 4 heterocycles. The Morgan fingerprint density at radius 2 is 2.10 bits per heavy atom. The van der Waals surface area contributed by atoms with Gasteiger partial charge < -0.3 is 14.2 Å². The number of rotatable bonds is 3. The van der Waals surface area contributed by atoms with Crippen LogP contribution in [0.2, 0.25) is 10.0 Å². The lowest BCUT2D eigenvalue weighted by molar-refractivity contribution is -0.133. The van der Waals surface area contributed by atoms with Crippen LogP contribution in [0.25, 0.3) is 22.0 Å². The molecule has 1 fully saturated rings. The van der Waals surface area contributed by atoms with E-state index in [1.165, 1.54) is 4.90 Å². The van der Waals surface area contributed by atoms with Crippen LogP contribution >= 0.6 is 23.2 Å². The highest BCUT2D eigenvalue weighted by Gasteiger charge is 2.31. The summed E-state index contributed by atoms with van der Waals surface area (Å²) in [5, 5.41) is 8.87. The van der Waals surface area contributed by atoms with Gasteiger partial charge in [-0.3, -0.25) is 14.8 Å². The van der Waals surface area contributed by atoms with E-state index in [0.717, 1.165) is 27.7 Å². The molecule has 0 saturated carbocycles. The van der Waals surface area contributed by atoms with Crippen molar-refractivity contribution in [3.8, 4) is 11.1 Å². The number of hydrogen-bond donors (Lipinski definition) is 1. The van der Waals surface area contributed by atoms with E-state index in [0.29, 0.717) is 42.8 Å². The molecule has 3 aromatic rings. The molecule has 2 amide bonds. The zero-order valence-corrected chi connectivity index (χ0v) is 16.8. The number of aromatic nitrogens is 3. The highest BCUT2D eigenvalue weighted by atomic mass is 35.5. The SMILES string of the molecule is O=C(CN1CCOC1=O)N1CCn2c(c(-c3cn[nH]c3)c3ccc(Cl)c(Cl)c32)C1. The van der Waals surface area contributed by atoms with Crippen LogP contribution in [0, 0.1) is 0 Å². The number of ether oxygens (including phenoxy) is 1. The second-order valence-corrected chi connectivity index (χ2v) is 7.85. The molecular formula is C19H17Cl2N5O3. The molecule has 0 radical (unpaired) electrons. The van der Waals surface area contributed by atoms with Crippen molar-refractivity contribution in [2.45, 2.75) is 13.1 Å². The number of carbonyl (C=O) groups excluding carboxylic acids is 2. The highest BCUT2D eigenvalue weighted by molar-refractivity contribution is 6.45. The van der Waals surface area contributed by atoms with Gasteiger partial charge in [0.1, 0.15) is 13.2 Å². The van der Waals surface area contributed by atoms with Gasteiger partial charge in [-0.05, 0) is 6.07 Å². The monoisotopic (exact) mass is 433 g/mol. The number of fused-ring (bicyclic) bond motifs is 3. The zero-order chi connectivity index (χ0) is 20.1. The molecule has 29 heavy (non-hydrogen) atoms. The first kappa shape index (κ1) is 18.3. The predicted molar refractivity (Wildman–Crippen MR) is 108 cm³/mol. The number of halogens is 2. The fourth-order valence-electron chi connectivity index (χ4n) is 4.08. The third kappa shape index (κ3) is 2.94. The average Bonchev–Trinajstić information content (AvgIpc) is 3.43. The second-order valence-electron chi connectivity index (χ2n) is 7.07. The lowest BCUT2D eigenvalue weighted by Gasteiger charge is -2.30. The highest BCUT2D eigenvalue weighted by Crippen LogP contribution is 2.42. The summed E-state index contributed by atoms with van der Waals surface area (Å²) in [6.07, 6.45) is 3.13. The van der Waals surface area contributed by atoms with E-state index in [-0.39, 0.29) is 12.5 Å². The minimum atomic E-state index is -0.440. The molecule has 2 aliphatic heterocycles. The van der Waals surface area contributed by atoms with Crippen molar-refractivity contribution in [1.29, 1.82) is 0 Å². The normalized spacial score (nSPS) is 16.4. The van der Waals surface area contributed by atoms with Gasteiger partial charge in [0.15, 0.2) is 0 Å². The van der Waals surface area contributed by atoms with Crippen molar-refractivity contribution < 1.29 is 14.3 Å². The van der Waals surface area contributed by atoms with Gasteiger partial charge in [-0.25, -0.2) is 4.79 Å². The first-order valence-electron chi connectivity index (χ1n) is 9.22. The molecule has 8 nitrogen and oxygen atoms in total. The molecule has 0 aliphatic carbocycles. The van der Waals surface area contributed by atoms with E-state index in [2.05, 4.69) is 14.8 Å². The van der Waals surface area contributed by atoms with Crippen LogP contribution in [-0.2, 0) is 22.6 Å². The summed E-state index contributed by atoms with van der Waals surface area (Å²) in [6, 6.07) is 3.73. The Bertz CT molecular complexity index is 1130. The lowest BCUT2D eigenvalue weighted by Crippen LogP contribution is -2.44. The first-order chi connectivity index (χ1) is 14.0.